The molecule has 15 nitrogen and oxygen atoms in total. The van der Waals surface area contributed by atoms with E-state index in [2.05, 4.69) is 35.6 Å². The molecule has 0 radical (unpaired) electrons. The number of carbonyl (C=O) groups is 3. The molecule has 40 heavy (non-hydrogen) atoms. The van der Waals surface area contributed by atoms with Crippen molar-refractivity contribution in [1.82, 2.24) is 44.2 Å². The van der Waals surface area contributed by atoms with Crippen molar-refractivity contribution in [2.75, 3.05) is 17.6 Å². The zero-order valence-corrected chi connectivity index (χ0v) is 20.7. The summed E-state index contributed by atoms with van der Waals surface area (Å²) in [4.78, 5) is 51.9. The van der Waals surface area contributed by atoms with E-state index < -0.39 is 29.9 Å². The number of nitrogens with two attached hydrogens (primary N) is 2. The number of amides is 3. The third-order valence-electron chi connectivity index (χ3n) is 6.58. The summed E-state index contributed by atoms with van der Waals surface area (Å²) in [5.41, 5.74) is 13.2. The maximum Gasteiger partial charge on any atom is 0.269 e. The van der Waals surface area contributed by atoms with Gasteiger partial charge in [0.2, 0.25) is 29.5 Å². The lowest BCUT2D eigenvalue weighted by atomic mass is 10.0. The van der Waals surface area contributed by atoms with Crippen LogP contribution in [0.15, 0.2) is 49.1 Å². The minimum Gasteiger partial charge on any atom is -0.368 e. The second kappa shape index (κ2) is 9.64. The highest BCUT2D eigenvalue weighted by Gasteiger charge is 2.40. The topological polar surface area (TPSA) is 205 Å². The molecule has 0 aliphatic carbocycles. The summed E-state index contributed by atoms with van der Waals surface area (Å²) in [7, 11) is 0. The molecule has 0 bridgehead atoms. The van der Waals surface area contributed by atoms with Crippen LogP contribution in [0.25, 0.3) is 27.8 Å². The van der Waals surface area contributed by atoms with Gasteiger partial charge in [-0.25, -0.2) is 9.37 Å². The van der Waals surface area contributed by atoms with Gasteiger partial charge in [-0.05, 0) is 23.8 Å². The normalized spacial score (nSPS) is 17.0. The third kappa shape index (κ3) is 4.40. The summed E-state index contributed by atoms with van der Waals surface area (Å²) >= 11 is 0. The van der Waals surface area contributed by atoms with E-state index in [4.69, 9.17) is 11.5 Å². The van der Waals surface area contributed by atoms with Gasteiger partial charge in [0.25, 0.3) is 5.91 Å². The predicted octanol–water partition coefficient (Wildman–Crippen LogP) is 0.190. The van der Waals surface area contributed by atoms with Gasteiger partial charge in [0.1, 0.15) is 18.8 Å². The number of rotatable bonds is 6. The number of nitrogen functional groups attached to an aromatic ring is 1. The number of nitrogens with zero attached hydrogens (tertiary/aromatic N) is 9. The molecule has 1 aliphatic heterocycles. The van der Waals surface area contributed by atoms with Crippen molar-refractivity contribution >= 4 is 46.3 Å². The van der Waals surface area contributed by atoms with Gasteiger partial charge in [-0.2, -0.15) is 25.3 Å². The number of hydrogen-bond donors (Lipinski definition) is 3. The second-order valence-electron chi connectivity index (χ2n) is 9.12. The number of alkyl halides is 1. The zero-order valence-electron chi connectivity index (χ0n) is 20.7. The Morgan fingerprint density at radius 3 is 2.73 bits per heavy atom. The Bertz CT molecular complexity index is 1790. The number of fused-ring (bicyclic) bond motifs is 2. The van der Waals surface area contributed by atoms with Gasteiger partial charge in [-0.3, -0.25) is 28.8 Å². The average molecular weight is 545 g/mol. The number of primary amides is 1. The molecule has 5 N–H and O–H groups in total. The smallest absolute Gasteiger partial charge is 0.269 e. The van der Waals surface area contributed by atoms with Crippen LogP contribution in [0, 0.1) is 0 Å². The van der Waals surface area contributed by atoms with E-state index in [0.29, 0.717) is 10.9 Å². The maximum absolute atomic E-state index is 14.5. The van der Waals surface area contributed by atoms with Crippen LogP contribution in [0.5, 0.6) is 0 Å². The van der Waals surface area contributed by atoms with Gasteiger partial charge in [0.15, 0.2) is 5.69 Å². The minimum absolute atomic E-state index is 0.0311. The lowest BCUT2D eigenvalue weighted by molar-refractivity contribution is -0.137. The Kier molecular flexibility index (Phi) is 5.97. The molecule has 16 heteroatoms. The molecule has 2 atom stereocenters. The molecule has 0 saturated carbocycles. The van der Waals surface area contributed by atoms with E-state index in [1.807, 2.05) is 0 Å². The zero-order chi connectivity index (χ0) is 28.0. The number of carbonyl (C=O) groups excluding carboxylic acids is 3. The molecule has 2 unspecified atom stereocenters. The fourth-order valence-electron chi connectivity index (χ4n) is 4.77. The molecule has 5 aromatic rings. The molecule has 1 saturated heterocycles. The SMILES string of the molecule is NC(=O)c1nn(CC(=O)N2CC(F)CC2C(=O)Nc2nc(N)nc3nccn23)c2ccc(-c3ccnnc3)cc12. The summed E-state index contributed by atoms with van der Waals surface area (Å²) in [6.45, 7) is -0.646. The van der Waals surface area contributed by atoms with E-state index in [0.717, 1.165) is 16.0 Å². The number of nitrogens with one attached hydrogen (secondary N) is 1. The van der Waals surface area contributed by atoms with E-state index in [1.54, 1.807) is 30.5 Å². The van der Waals surface area contributed by atoms with Gasteiger partial charge in [-0.1, -0.05) is 6.07 Å². The standard InChI is InChI=1S/C24H21FN12O3/c25-14-8-17(21(40)31-24-33-22(27)32-23-28-5-6-35(23)24)36(10-14)18(38)11-37-16-2-1-12(13-3-4-29-30-9-13)7-15(16)19(34-37)20(26)39/h1-7,9,14,17H,8,10-11H2,(H2,26,39)(H3,27,28,31,32,33,40). The van der Waals surface area contributed by atoms with Crippen molar-refractivity contribution < 1.29 is 18.8 Å². The van der Waals surface area contributed by atoms with Crippen LogP contribution in [0.2, 0.25) is 0 Å². The van der Waals surface area contributed by atoms with E-state index in [1.165, 1.54) is 27.7 Å². The lowest BCUT2D eigenvalue weighted by Gasteiger charge is -2.23. The largest absolute Gasteiger partial charge is 0.368 e. The number of hydrogen-bond acceptors (Lipinski definition) is 10. The highest BCUT2D eigenvalue weighted by atomic mass is 19.1. The third-order valence-corrected chi connectivity index (χ3v) is 6.58. The molecule has 5 heterocycles. The van der Waals surface area contributed by atoms with Gasteiger partial charge < -0.3 is 16.4 Å². The van der Waals surface area contributed by atoms with Gasteiger partial charge >= 0.3 is 0 Å². The Morgan fingerprint density at radius 2 is 1.95 bits per heavy atom. The maximum atomic E-state index is 14.5. The first-order valence-corrected chi connectivity index (χ1v) is 12.1. The quantitative estimate of drug-likeness (QED) is 0.264. The van der Waals surface area contributed by atoms with Gasteiger partial charge in [0.05, 0.1) is 24.5 Å². The first-order chi connectivity index (χ1) is 19.3. The van der Waals surface area contributed by atoms with Gasteiger partial charge in [-0.15, -0.1) is 0 Å². The highest BCUT2D eigenvalue weighted by Crippen LogP contribution is 2.27. The van der Waals surface area contributed by atoms with Crippen LogP contribution in [-0.4, -0.2) is 80.7 Å². The molecule has 0 spiro atoms. The number of halogens is 1. The first kappa shape index (κ1) is 24.8. The fraction of sp³-hybridized carbons (Fsp3) is 0.208. The summed E-state index contributed by atoms with van der Waals surface area (Å²) in [5.74, 6) is -1.87. The van der Waals surface area contributed by atoms with E-state index >= 15 is 0 Å². The number of aromatic nitrogens is 8. The van der Waals surface area contributed by atoms with Crippen molar-refractivity contribution in [2.45, 2.75) is 25.2 Å². The second-order valence-corrected chi connectivity index (χ2v) is 9.12. The average Bonchev–Trinajstić information content (AvgIpc) is 3.66. The summed E-state index contributed by atoms with van der Waals surface area (Å²) in [6.07, 6.45) is 4.45. The molecule has 4 aromatic heterocycles. The first-order valence-electron chi connectivity index (χ1n) is 12.1. The Labute approximate surface area is 224 Å². The Balaban J connectivity index is 1.27. The molecule has 1 fully saturated rings. The number of benzene rings is 1. The number of imidazole rings is 1. The van der Waals surface area contributed by atoms with Crippen molar-refractivity contribution in [3.63, 3.8) is 0 Å². The van der Waals surface area contributed by atoms with Gasteiger partial charge in [0, 0.05) is 29.8 Å². The highest BCUT2D eigenvalue weighted by molar-refractivity contribution is 6.05. The van der Waals surface area contributed by atoms with Crippen molar-refractivity contribution in [3.8, 4) is 11.1 Å². The molecule has 1 aromatic carbocycles. The molecule has 6 rings (SSSR count). The summed E-state index contributed by atoms with van der Waals surface area (Å²) in [5, 5.41) is 14.9. The van der Waals surface area contributed by atoms with Crippen molar-refractivity contribution in [1.29, 1.82) is 0 Å². The minimum atomic E-state index is -1.42. The van der Waals surface area contributed by atoms with E-state index in [9.17, 15) is 18.8 Å². The van der Waals surface area contributed by atoms with Crippen LogP contribution >= 0.6 is 0 Å². The number of anilines is 2. The van der Waals surface area contributed by atoms with Crippen LogP contribution in [0.4, 0.5) is 16.3 Å². The van der Waals surface area contributed by atoms with E-state index in [-0.39, 0.29) is 42.9 Å². The predicted molar refractivity (Wildman–Crippen MR) is 138 cm³/mol. The number of likely N-dealkylation sites (tertiary alicyclic amines) is 1. The van der Waals surface area contributed by atoms with Crippen LogP contribution in [0.3, 0.4) is 0 Å². The Morgan fingerprint density at radius 1 is 1.10 bits per heavy atom. The summed E-state index contributed by atoms with van der Waals surface area (Å²) < 4.78 is 17.2. The van der Waals surface area contributed by atoms with Crippen LogP contribution < -0.4 is 16.8 Å². The molecule has 1 aliphatic rings. The lowest BCUT2D eigenvalue weighted by Crippen LogP contribution is -2.45. The van der Waals surface area contributed by atoms with Crippen molar-refractivity contribution in [3.05, 3.63) is 54.7 Å². The van der Waals surface area contributed by atoms with Crippen molar-refractivity contribution in [2.24, 2.45) is 5.73 Å². The summed E-state index contributed by atoms with van der Waals surface area (Å²) in [6, 6.07) is 5.82. The molecular formula is C24H21FN12O3. The molecular weight excluding hydrogens is 523 g/mol. The molecule has 3 amide bonds. The molecule has 202 valence electrons. The van der Waals surface area contributed by atoms with Crippen LogP contribution in [-0.2, 0) is 16.1 Å². The monoisotopic (exact) mass is 544 g/mol. The Hall–Kier alpha value is -5.54. The fourth-order valence-corrected chi connectivity index (χ4v) is 4.77. The van der Waals surface area contributed by atoms with Crippen LogP contribution in [0.1, 0.15) is 16.9 Å².